The Balaban J connectivity index is 1.65. The summed E-state index contributed by atoms with van der Waals surface area (Å²) in [5.41, 5.74) is 1.24. The molecule has 0 saturated heterocycles. The van der Waals surface area contributed by atoms with Crippen molar-refractivity contribution < 1.29 is 14.6 Å². The summed E-state index contributed by atoms with van der Waals surface area (Å²) in [6.45, 7) is 0. The summed E-state index contributed by atoms with van der Waals surface area (Å²) in [7, 11) is 0. The van der Waals surface area contributed by atoms with Gasteiger partial charge in [0.25, 0.3) is 0 Å². The van der Waals surface area contributed by atoms with E-state index in [1.807, 2.05) is 30.4 Å². The Labute approximate surface area is 113 Å². The van der Waals surface area contributed by atoms with E-state index in [9.17, 15) is 9.90 Å². The average molecular weight is 260 g/mol. The molecule has 3 nitrogen and oxygen atoms in total. The van der Waals surface area contributed by atoms with E-state index in [2.05, 4.69) is 12.1 Å². The van der Waals surface area contributed by atoms with E-state index < -0.39 is 6.29 Å². The van der Waals surface area contributed by atoms with E-state index >= 15 is 0 Å². The number of aliphatic hydroxyl groups excluding tert-OH is 1. The number of hydrogen-bond donors (Lipinski definition) is 1. The molecule has 19 heavy (non-hydrogen) atoms. The number of ether oxygens (including phenoxy) is 1. The standard InChI is InChI=1S/C16H20O3/c17-15(19-16(18)14-10-4-5-11-14)12-6-9-13-7-2-1-3-8-13/h1-4,7-8,10,14-15,17H,5-6,9,11-12H2. The molecule has 0 bridgehead atoms. The minimum atomic E-state index is -0.981. The maximum absolute atomic E-state index is 11.7. The molecule has 0 radical (unpaired) electrons. The molecule has 0 fully saturated rings. The topological polar surface area (TPSA) is 46.5 Å². The minimum absolute atomic E-state index is 0.163. The van der Waals surface area contributed by atoms with Gasteiger partial charge in [-0.1, -0.05) is 42.5 Å². The van der Waals surface area contributed by atoms with Crippen molar-refractivity contribution >= 4 is 5.97 Å². The fourth-order valence-electron chi connectivity index (χ4n) is 2.23. The molecule has 1 aromatic carbocycles. The number of benzene rings is 1. The van der Waals surface area contributed by atoms with Crippen molar-refractivity contribution in [2.24, 2.45) is 5.92 Å². The second-order valence-electron chi connectivity index (χ2n) is 4.88. The highest BCUT2D eigenvalue weighted by molar-refractivity contribution is 5.75. The van der Waals surface area contributed by atoms with Crippen LogP contribution in [0.3, 0.4) is 0 Å². The van der Waals surface area contributed by atoms with Gasteiger partial charge in [0.1, 0.15) is 0 Å². The van der Waals surface area contributed by atoms with Crippen LogP contribution in [0.5, 0.6) is 0 Å². The lowest BCUT2D eigenvalue weighted by Gasteiger charge is -2.14. The zero-order valence-corrected chi connectivity index (χ0v) is 11.0. The Morgan fingerprint density at radius 3 is 2.84 bits per heavy atom. The number of aliphatic hydroxyl groups is 1. The van der Waals surface area contributed by atoms with Gasteiger partial charge in [0.15, 0.2) is 0 Å². The Morgan fingerprint density at radius 2 is 2.16 bits per heavy atom. The lowest BCUT2D eigenvalue weighted by atomic mass is 10.1. The molecule has 0 amide bonds. The number of hydrogen-bond acceptors (Lipinski definition) is 3. The van der Waals surface area contributed by atoms with Gasteiger partial charge in [0, 0.05) is 6.42 Å². The molecule has 2 unspecified atom stereocenters. The quantitative estimate of drug-likeness (QED) is 0.486. The van der Waals surface area contributed by atoms with Crippen LogP contribution in [0.4, 0.5) is 0 Å². The van der Waals surface area contributed by atoms with Crippen LogP contribution in [0.15, 0.2) is 42.5 Å². The van der Waals surface area contributed by atoms with Crippen molar-refractivity contribution in [3.63, 3.8) is 0 Å². The highest BCUT2D eigenvalue weighted by atomic mass is 16.6. The average Bonchev–Trinajstić information content (AvgIpc) is 2.94. The first kappa shape index (κ1) is 13.8. The molecule has 102 valence electrons. The Hall–Kier alpha value is -1.61. The molecular formula is C16H20O3. The molecule has 3 heteroatoms. The van der Waals surface area contributed by atoms with Gasteiger partial charge in [0.05, 0.1) is 5.92 Å². The molecule has 0 aromatic heterocycles. The maximum Gasteiger partial charge on any atom is 0.315 e. The Bertz CT molecular complexity index is 425. The highest BCUT2D eigenvalue weighted by Crippen LogP contribution is 2.19. The van der Waals surface area contributed by atoms with Crippen LogP contribution in [0, 0.1) is 5.92 Å². The Morgan fingerprint density at radius 1 is 1.37 bits per heavy atom. The molecular weight excluding hydrogens is 240 g/mol. The molecule has 1 N–H and O–H groups in total. The molecule has 2 rings (SSSR count). The van der Waals surface area contributed by atoms with Gasteiger partial charge >= 0.3 is 5.97 Å². The van der Waals surface area contributed by atoms with Gasteiger partial charge in [-0.25, -0.2) is 0 Å². The third-order valence-electron chi connectivity index (χ3n) is 3.33. The molecule has 0 saturated carbocycles. The fraction of sp³-hybridized carbons (Fsp3) is 0.438. The highest BCUT2D eigenvalue weighted by Gasteiger charge is 2.22. The van der Waals surface area contributed by atoms with E-state index in [0.717, 1.165) is 25.7 Å². The second kappa shape index (κ2) is 7.10. The van der Waals surface area contributed by atoms with Gasteiger partial charge in [0.2, 0.25) is 6.29 Å². The van der Waals surface area contributed by atoms with Gasteiger partial charge < -0.3 is 9.84 Å². The van der Waals surface area contributed by atoms with Crippen LogP contribution >= 0.6 is 0 Å². The fourth-order valence-corrected chi connectivity index (χ4v) is 2.23. The van der Waals surface area contributed by atoms with Crippen molar-refractivity contribution in [1.82, 2.24) is 0 Å². The number of rotatable bonds is 6. The number of carbonyl (C=O) groups is 1. The van der Waals surface area contributed by atoms with Crippen LogP contribution in [0.2, 0.25) is 0 Å². The molecule has 0 spiro atoms. The summed E-state index contributed by atoms with van der Waals surface area (Å²) >= 11 is 0. The van der Waals surface area contributed by atoms with Crippen LogP contribution in [0.1, 0.15) is 31.2 Å². The summed E-state index contributed by atoms with van der Waals surface area (Å²) in [6, 6.07) is 10.1. The summed E-state index contributed by atoms with van der Waals surface area (Å²) in [6.07, 6.45) is 6.76. The lowest BCUT2D eigenvalue weighted by molar-refractivity contribution is -0.172. The number of esters is 1. The van der Waals surface area contributed by atoms with E-state index in [0.29, 0.717) is 6.42 Å². The lowest BCUT2D eigenvalue weighted by Crippen LogP contribution is -2.22. The summed E-state index contributed by atoms with van der Waals surface area (Å²) in [5, 5.41) is 9.69. The number of allylic oxidation sites excluding steroid dienone is 1. The molecule has 0 heterocycles. The number of aryl methyl sites for hydroxylation is 1. The van der Waals surface area contributed by atoms with E-state index in [1.54, 1.807) is 0 Å². The minimum Gasteiger partial charge on any atom is -0.436 e. The SMILES string of the molecule is O=C(OC(O)CCCc1ccccc1)C1C=CCC1. The van der Waals surface area contributed by atoms with Crippen LogP contribution in [-0.4, -0.2) is 17.4 Å². The summed E-state index contributed by atoms with van der Waals surface area (Å²) < 4.78 is 5.04. The van der Waals surface area contributed by atoms with Crippen LogP contribution in [0.25, 0.3) is 0 Å². The largest absolute Gasteiger partial charge is 0.436 e. The van der Waals surface area contributed by atoms with Crippen molar-refractivity contribution in [2.45, 2.75) is 38.4 Å². The van der Waals surface area contributed by atoms with Crippen LogP contribution in [-0.2, 0) is 16.0 Å². The van der Waals surface area contributed by atoms with Crippen molar-refractivity contribution in [3.05, 3.63) is 48.0 Å². The van der Waals surface area contributed by atoms with Gasteiger partial charge in [-0.05, 0) is 31.2 Å². The van der Waals surface area contributed by atoms with Crippen LogP contribution < -0.4 is 0 Å². The first-order valence-electron chi connectivity index (χ1n) is 6.85. The molecule has 0 aliphatic heterocycles. The molecule has 1 aliphatic carbocycles. The van der Waals surface area contributed by atoms with Gasteiger partial charge in [-0.2, -0.15) is 0 Å². The smallest absolute Gasteiger partial charge is 0.315 e. The third kappa shape index (κ3) is 4.52. The van der Waals surface area contributed by atoms with Crippen molar-refractivity contribution in [3.8, 4) is 0 Å². The molecule has 1 aliphatic rings. The summed E-state index contributed by atoms with van der Waals surface area (Å²) in [4.78, 5) is 11.7. The van der Waals surface area contributed by atoms with E-state index in [4.69, 9.17) is 4.74 Å². The van der Waals surface area contributed by atoms with Gasteiger partial charge in [-0.15, -0.1) is 0 Å². The van der Waals surface area contributed by atoms with E-state index in [-0.39, 0.29) is 11.9 Å². The normalized spacial score (nSPS) is 19.3. The van der Waals surface area contributed by atoms with Gasteiger partial charge in [-0.3, -0.25) is 4.79 Å². The third-order valence-corrected chi connectivity index (χ3v) is 3.33. The first-order chi connectivity index (χ1) is 9.25. The molecule has 1 aromatic rings. The zero-order valence-electron chi connectivity index (χ0n) is 11.0. The second-order valence-corrected chi connectivity index (χ2v) is 4.88. The predicted octanol–water partition coefficient (Wildman–Crippen LogP) is 2.84. The van der Waals surface area contributed by atoms with Crippen molar-refractivity contribution in [2.75, 3.05) is 0 Å². The number of carbonyl (C=O) groups excluding carboxylic acids is 1. The molecule has 2 atom stereocenters. The first-order valence-corrected chi connectivity index (χ1v) is 6.85. The maximum atomic E-state index is 11.7. The Kier molecular flexibility index (Phi) is 5.16. The summed E-state index contributed by atoms with van der Waals surface area (Å²) in [5.74, 6) is -0.468. The van der Waals surface area contributed by atoms with Crippen molar-refractivity contribution in [1.29, 1.82) is 0 Å². The van der Waals surface area contributed by atoms with E-state index in [1.165, 1.54) is 5.56 Å². The zero-order chi connectivity index (χ0) is 13.5. The predicted molar refractivity (Wildman–Crippen MR) is 73.3 cm³/mol. The monoisotopic (exact) mass is 260 g/mol.